The largest absolute Gasteiger partial charge is 0.494 e. The van der Waals surface area contributed by atoms with Gasteiger partial charge in [0.1, 0.15) is 5.75 Å². The summed E-state index contributed by atoms with van der Waals surface area (Å²) >= 11 is 0. The maximum atomic E-state index is 5.81. The Balaban J connectivity index is 2.25. The van der Waals surface area contributed by atoms with Gasteiger partial charge in [-0.1, -0.05) is 51.7 Å². The van der Waals surface area contributed by atoms with Gasteiger partial charge in [0.2, 0.25) is 0 Å². The van der Waals surface area contributed by atoms with Gasteiger partial charge in [0.25, 0.3) is 0 Å². The van der Waals surface area contributed by atoms with Crippen molar-refractivity contribution in [2.24, 2.45) is 0 Å². The van der Waals surface area contributed by atoms with Crippen molar-refractivity contribution in [3.8, 4) is 17.6 Å². The topological polar surface area (TPSA) is 12.5 Å². The third kappa shape index (κ3) is 9.31. The van der Waals surface area contributed by atoms with Crippen LogP contribution in [-0.4, -0.2) is 31.1 Å². The van der Waals surface area contributed by atoms with E-state index in [9.17, 15) is 0 Å². The average Bonchev–Trinajstić information content (AvgIpc) is 2.59. The summed E-state index contributed by atoms with van der Waals surface area (Å²) in [6.07, 6.45) is 6.78. The Bertz CT molecular complexity index is 468. The summed E-state index contributed by atoms with van der Waals surface area (Å²) in [7, 11) is 0. The zero-order chi connectivity index (χ0) is 16.8. The van der Waals surface area contributed by atoms with Gasteiger partial charge in [-0.2, -0.15) is 0 Å². The highest BCUT2D eigenvalue weighted by atomic mass is 16.5. The number of ether oxygens (including phenoxy) is 1. The monoisotopic (exact) mass is 315 g/mol. The molecule has 128 valence electrons. The van der Waals surface area contributed by atoms with Crippen molar-refractivity contribution in [3.63, 3.8) is 0 Å². The molecule has 1 aromatic carbocycles. The molecule has 0 bridgehead atoms. The van der Waals surface area contributed by atoms with Gasteiger partial charge in [-0.15, -0.1) is 5.92 Å². The fourth-order valence-electron chi connectivity index (χ4n) is 2.42. The highest BCUT2D eigenvalue weighted by Crippen LogP contribution is 2.15. The summed E-state index contributed by atoms with van der Waals surface area (Å²) in [4.78, 5) is 2.34. The third-order valence-corrected chi connectivity index (χ3v) is 4.00. The Hall–Kier alpha value is -1.46. The summed E-state index contributed by atoms with van der Waals surface area (Å²) in [6.45, 7) is 10.5. The van der Waals surface area contributed by atoms with Crippen LogP contribution in [0.25, 0.3) is 0 Å². The van der Waals surface area contributed by atoms with Crippen molar-refractivity contribution in [2.75, 3.05) is 26.2 Å². The quantitative estimate of drug-likeness (QED) is 0.424. The zero-order valence-corrected chi connectivity index (χ0v) is 15.2. The molecule has 0 aliphatic carbocycles. The highest BCUT2D eigenvalue weighted by molar-refractivity contribution is 5.28. The first-order valence-corrected chi connectivity index (χ1v) is 9.19. The van der Waals surface area contributed by atoms with E-state index in [4.69, 9.17) is 4.74 Å². The standard InChI is InChI=1S/C21H33NO/c1-4-7-12-18-23-21-16-13-15-20(19-21)14-10-8-9-11-17-22(5-2)6-3/h13,15-16,19H,4-8,10,12,14,17-18H2,1-3H3. The molecule has 2 heteroatoms. The van der Waals surface area contributed by atoms with Crippen LogP contribution in [0.2, 0.25) is 0 Å². The molecule has 0 aliphatic rings. The van der Waals surface area contributed by atoms with Crippen LogP contribution < -0.4 is 4.74 Å². The minimum atomic E-state index is 0.828. The molecule has 0 spiro atoms. The molecule has 0 saturated carbocycles. The number of hydrogen-bond donors (Lipinski definition) is 0. The molecule has 1 rings (SSSR count). The van der Waals surface area contributed by atoms with Gasteiger partial charge in [-0.25, -0.2) is 0 Å². The summed E-state index contributed by atoms with van der Waals surface area (Å²) in [6, 6.07) is 8.51. The molecule has 0 N–H and O–H groups in total. The minimum Gasteiger partial charge on any atom is -0.494 e. The lowest BCUT2D eigenvalue weighted by atomic mass is 10.1. The Morgan fingerprint density at radius 1 is 1.00 bits per heavy atom. The lowest BCUT2D eigenvalue weighted by molar-refractivity contribution is 0.306. The predicted octanol–water partition coefficient (Wildman–Crippen LogP) is 4.92. The van der Waals surface area contributed by atoms with Crippen molar-refractivity contribution in [1.82, 2.24) is 4.90 Å². The first kappa shape index (κ1) is 19.6. The van der Waals surface area contributed by atoms with Crippen LogP contribution in [0, 0.1) is 11.8 Å². The van der Waals surface area contributed by atoms with Crippen LogP contribution in [0.4, 0.5) is 0 Å². The van der Waals surface area contributed by atoms with Gasteiger partial charge in [-0.05, 0) is 50.0 Å². The van der Waals surface area contributed by atoms with Crippen molar-refractivity contribution < 1.29 is 4.74 Å². The van der Waals surface area contributed by atoms with Gasteiger partial charge in [0, 0.05) is 6.42 Å². The molecule has 2 nitrogen and oxygen atoms in total. The Morgan fingerprint density at radius 2 is 1.83 bits per heavy atom. The molecule has 0 atom stereocenters. The van der Waals surface area contributed by atoms with Crippen molar-refractivity contribution in [3.05, 3.63) is 29.8 Å². The van der Waals surface area contributed by atoms with E-state index in [0.29, 0.717) is 0 Å². The van der Waals surface area contributed by atoms with Crippen LogP contribution in [-0.2, 0) is 6.42 Å². The fraction of sp³-hybridized carbons (Fsp3) is 0.619. The summed E-state index contributed by atoms with van der Waals surface area (Å²) in [5, 5.41) is 0. The summed E-state index contributed by atoms with van der Waals surface area (Å²) in [5.41, 5.74) is 1.35. The van der Waals surface area contributed by atoms with E-state index in [1.807, 2.05) is 0 Å². The van der Waals surface area contributed by atoms with E-state index in [1.54, 1.807) is 0 Å². The number of nitrogens with zero attached hydrogens (tertiary/aromatic N) is 1. The van der Waals surface area contributed by atoms with Crippen LogP contribution >= 0.6 is 0 Å². The van der Waals surface area contributed by atoms with E-state index >= 15 is 0 Å². The zero-order valence-electron chi connectivity index (χ0n) is 15.2. The number of unbranched alkanes of at least 4 members (excludes halogenated alkanes) is 3. The van der Waals surface area contributed by atoms with Gasteiger partial charge >= 0.3 is 0 Å². The molecule has 1 aromatic rings. The number of rotatable bonds is 11. The van der Waals surface area contributed by atoms with Gasteiger partial charge in [0.05, 0.1) is 13.2 Å². The first-order chi connectivity index (χ1) is 11.3. The second-order valence-corrected chi connectivity index (χ2v) is 5.87. The Labute approximate surface area is 143 Å². The molecule has 0 unspecified atom stereocenters. The molecule has 0 aliphatic heterocycles. The van der Waals surface area contributed by atoms with E-state index in [-0.39, 0.29) is 0 Å². The van der Waals surface area contributed by atoms with E-state index in [2.05, 4.69) is 61.8 Å². The van der Waals surface area contributed by atoms with E-state index in [1.165, 1.54) is 18.4 Å². The highest BCUT2D eigenvalue weighted by Gasteiger charge is 1.98. The lowest BCUT2D eigenvalue weighted by Crippen LogP contribution is -2.22. The molecular formula is C21H33NO. The molecule has 0 heterocycles. The summed E-state index contributed by atoms with van der Waals surface area (Å²) < 4.78 is 5.81. The molecule has 0 radical (unpaired) electrons. The van der Waals surface area contributed by atoms with E-state index in [0.717, 1.165) is 57.7 Å². The van der Waals surface area contributed by atoms with Gasteiger partial charge in [-0.3, -0.25) is 4.90 Å². The molecule has 0 aromatic heterocycles. The molecule has 23 heavy (non-hydrogen) atoms. The maximum absolute atomic E-state index is 5.81. The summed E-state index contributed by atoms with van der Waals surface area (Å²) in [5.74, 6) is 7.58. The molecule has 0 fully saturated rings. The van der Waals surface area contributed by atoms with Crippen LogP contribution in [0.5, 0.6) is 5.75 Å². The van der Waals surface area contributed by atoms with Crippen molar-refractivity contribution in [1.29, 1.82) is 0 Å². The fourth-order valence-corrected chi connectivity index (χ4v) is 2.42. The second kappa shape index (κ2) is 13.0. The number of hydrogen-bond acceptors (Lipinski definition) is 2. The smallest absolute Gasteiger partial charge is 0.119 e. The van der Waals surface area contributed by atoms with Gasteiger partial charge < -0.3 is 4.74 Å². The molecule has 0 amide bonds. The SMILES string of the molecule is CCCCCOc1cccc(CCCC#CCN(CC)CC)c1. The molecular weight excluding hydrogens is 282 g/mol. The minimum absolute atomic E-state index is 0.828. The van der Waals surface area contributed by atoms with Crippen LogP contribution in [0.3, 0.4) is 0 Å². The van der Waals surface area contributed by atoms with Crippen LogP contribution in [0.15, 0.2) is 24.3 Å². The van der Waals surface area contributed by atoms with E-state index < -0.39 is 0 Å². The Morgan fingerprint density at radius 3 is 2.57 bits per heavy atom. The van der Waals surface area contributed by atoms with Crippen molar-refractivity contribution in [2.45, 2.75) is 59.3 Å². The normalized spacial score (nSPS) is 10.4. The first-order valence-electron chi connectivity index (χ1n) is 9.19. The Kier molecular flexibility index (Phi) is 11.1. The predicted molar refractivity (Wildman–Crippen MR) is 100.0 cm³/mol. The third-order valence-electron chi connectivity index (χ3n) is 4.00. The van der Waals surface area contributed by atoms with Gasteiger partial charge in [0.15, 0.2) is 0 Å². The molecule has 0 saturated heterocycles. The van der Waals surface area contributed by atoms with Crippen LogP contribution in [0.1, 0.15) is 58.4 Å². The maximum Gasteiger partial charge on any atom is 0.119 e. The van der Waals surface area contributed by atoms with Crippen molar-refractivity contribution >= 4 is 0 Å². The number of aryl methyl sites for hydroxylation is 1. The lowest BCUT2D eigenvalue weighted by Gasteiger charge is -2.13. The number of benzene rings is 1. The average molecular weight is 316 g/mol. The second-order valence-electron chi connectivity index (χ2n) is 5.87.